The second-order valence-corrected chi connectivity index (χ2v) is 7.66. The predicted molar refractivity (Wildman–Crippen MR) is 96.9 cm³/mol. The fourth-order valence-electron chi connectivity index (χ4n) is 4.66. The Morgan fingerprint density at radius 3 is 2.71 bits per heavy atom. The second-order valence-electron chi connectivity index (χ2n) is 7.66. The SMILES string of the molecule is C=CCOC(=O)N1C[C@@H](CC2=C(C(=O)O)N3C(=O)[C@H]([C@@H](C)O)[C@H]3C2)C[C@H]1CO. The molecule has 0 radical (unpaired) electrons. The third-order valence-electron chi connectivity index (χ3n) is 5.83. The summed E-state index contributed by atoms with van der Waals surface area (Å²) in [5.41, 5.74) is 0.650. The Kier molecular flexibility index (Phi) is 5.76. The van der Waals surface area contributed by atoms with Gasteiger partial charge in [-0.1, -0.05) is 12.7 Å². The highest BCUT2D eigenvalue weighted by atomic mass is 16.6. The maximum absolute atomic E-state index is 12.3. The number of ether oxygens (including phenoxy) is 1. The summed E-state index contributed by atoms with van der Waals surface area (Å²) in [6, 6.07) is -0.709. The van der Waals surface area contributed by atoms with Crippen LogP contribution in [0.1, 0.15) is 26.2 Å². The van der Waals surface area contributed by atoms with E-state index in [1.54, 1.807) is 0 Å². The van der Waals surface area contributed by atoms with Crippen molar-refractivity contribution in [2.24, 2.45) is 11.8 Å². The summed E-state index contributed by atoms with van der Waals surface area (Å²) < 4.78 is 5.05. The summed E-state index contributed by atoms with van der Waals surface area (Å²) in [7, 11) is 0. The van der Waals surface area contributed by atoms with Gasteiger partial charge in [-0.25, -0.2) is 9.59 Å². The van der Waals surface area contributed by atoms with Crippen LogP contribution in [0.4, 0.5) is 4.79 Å². The van der Waals surface area contributed by atoms with E-state index in [2.05, 4.69) is 6.58 Å². The van der Waals surface area contributed by atoms with Gasteiger partial charge in [0, 0.05) is 6.54 Å². The molecule has 154 valence electrons. The van der Waals surface area contributed by atoms with Crippen LogP contribution >= 0.6 is 0 Å². The van der Waals surface area contributed by atoms with E-state index in [9.17, 15) is 29.7 Å². The standard InChI is InChI=1S/C19H26N2O7/c1-3-4-28-19(27)20-8-11(6-13(20)9-22)5-12-7-14-15(10(2)23)17(24)21(14)16(12)18(25)26/h3,10-11,13-15,22-23H,1,4-9H2,2H3,(H,25,26)/t10-,11+,13+,14-,15-/m1/s1. The largest absolute Gasteiger partial charge is 0.477 e. The number of carbonyl (C=O) groups excluding carboxylic acids is 2. The van der Waals surface area contributed by atoms with Gasteiger partial charge in [-0.3, -0.25) is 4.79 Å². The molecule has 2 saturated heterocycles. The first-order valence-electron chi connectivity index (χ1n) is 9.41. The Balaban J connectivity index is 1.72. The van der Waals surface area contributed by atoms with Crippen LogP contribution in [0.25, 0.3) is 0 Å². The molecule has 0 aromatic heterocycles. The molecular formula is C19H26N2O7. The van der Waals surface area contributed by atoms with Crippen LogP contribution in [0.5, 0.6) is 0 Å². The van der Waals surface area contributed by atoms with E-state index in [1.165, 1.54) is 22.8 Å². The molecule has 0 bridgehead atoms. The molecule has 2 fully saturated rings. The van der Waals surface area contributed by atoms with Gasteiger partial charge in [-0.2, -0.15) is 0 Å². The molecule has 3 heterocycles. The van der Waals surface area contributed by atoms with Crippen LogP contribution in [0.2, 0.25) is 0 Å². The molecule has 3 aliphatic rings. The molecule has 9 heteroatoms. The first kappa shape index (κ1) is 20.3. The Morgan fingerprint density at radius 1 is 1.43 bits per heavy atom. The van der Waals surface area contributed by atoms with E-state index >= 15 is 0 Å². The molecular weight excluding hydrogens is 368 g/mol. The second kappa shape index (κ2) is 7.92. The van der Waals surface area contributed by atoms with Gasteiger partial charge in [0.2, 0.25) is 5.91 Å². The van der Waals surface area contributed by atoms with Crippen LogP contribution in [0.15, 0.2) is 23.9 Å². The van der Waals surface area contributed by atoms with Gasteiger partial charge in [-0.15, -0.1) is 0 Å². The van der Waals surface area contributed by atoms with Gasteiger partial charge < -0.3 is 29.9 Å². The quantitative estimate of drug-likeness (QED) is 0.419. The Labute approximate surface area is 162 Å². The van der Waals surface area contributed by atoms with Crippen LogP contribution in [0.3, 0.4) is 0 Å². The lowest BCUT2D eigenvalue weighted by Crippen LogP contribution is -2.61. The van der Waals surface area contributed by atoms with Gasteiger partial charge in [0.05, 0.1) is 30.7 Å². The van der Waals surface area contributed by atoms with Gasteiger partial charge >= 0.3 is 12.1 Å². The molecule has 0 unspecified atom stereocenters. The molecule has 3 N–H and O–H groups in total. The number of aliphatic hydroxyl groups excluding tert-OH is 2. The van der Waals surface area contributed by atoms with E-state index in [1.807, 2.05) is 0 Å². The van der Waals surface area contributed by atoms with Crippen molar-refractivity contribution >= 4 is 18.0 Å². The van der Waals surface area contributed by atoms with E-state index in [-0.39, 0.29) is 42.8 Å². The van der Waals surface area contributed by atoms with E-state index in [4.69, 9.17) is 4.74 Å². The summed E-state index contributed by atoms with van der Waals surface area (Å²) in [5, 5.41) is 29.0. The Bertz CT molecular complexity index is 717. The van der Waals surface area contributed by atoms with E-state index in [0.717, 1.165) is 0 Å². The Morgan fingerprint density at radius 2 is 2.14 bits per heavy atom. The summed E-state index contributed by atoms with van der Waals surface area (Å²) in [4.78, 5) is 38.9. The van der Waals surface area contributed by atoms with Crippen LogP contribution < -0.4 is 0 Å². The molecule has 9 nitrogen and oxygen atoms in total. The van der Waals surface area contributed by atoms with E-state index < -0.39 is 24.1 Å². The zero-order chi connectivity index (χ0) is 20.6. The lowest BCUT2D eigenvalue weighted by atomic mass is 9.82. The minimum Gasteiger partial charge on any atom is -0.477 e. The highest BCUT2D eigenvalue weighted by Crippen LogP contribution is 2.46. The number of carboxylic acid groups (broad SMARTS) is 1. The molecule has 3 aliphatic heterocycles. The first-order valence-corrected chi connectivity index (χ1v) is 9.41. The van der Waals surface area contributed by atoms with Gasteiger partial charge in [0.15, 0.2) is 0 Å². The monoisotopic (exact) mass is 394 g/mol. The number of amides is 2. The van der Waals surface area contributed by atoms with Crippen LogP contribution in [0, 0.1) is 11.8 Å². The molecule has 0 spiro atoms. The Hall–Kier alpha value is -2.39. The predicted octanol–water partition coefficient (Wildman–Crippen LogP) is 0.332. The van der Waals surface area contributed by atoms with Crippen molar-refractivity contribution < 1.29 is 34.4 Å². The number of hydrogen-bond donors (Lipinski definition) is 3. The number of nitrogens with zero attached hydrogens (tertiary/aromatic N) is 2. The van der Waals surface area contributed by atoms with Gasteiger partial charge in [0.1, 0.15) is 12.3 Å². The molecule has 5 atom stereocenters. The molecule has 2 amide bonds. The number of rotatable bonds is 7. The van der Waals surface area contributed by atoms with Crippen molar-refractivity contribution in [1.29, 1.82) is 0 Å². The van der Waals surface area contributed by atoms with Gasteiger partial charge in [0.25, 0.3) is 0 Å². The van der Waals surface area contributed by atoms with Crippen molar-refractivity contribution in [3.05, 3.63) is 23.9 Å². The molecule has 0 aliphatic carbocycles. The number of β-lactam (4-membered cyclic amide) rings is 1. The summed E-state index contributed by atoms with van der Waals surface area (Å²) in [5.74, 6) is -2.14. The normalized spacial score (nSPS) is 30.2. The molecule has 0 saturated carbocycles. The third kappa shape index (κ3) is 3.40. The molecule has 28 heavy (non-hydrogen) atoms. The highest BCUT2D eigenvalue weighted by Gasteiger charge is 2.56. The van der Waals surface area contributed by atoms with Crippen molar-refractivity contribution in [3.63, 3.8) is 0 Å². The maximum atomic E-state index is 12.3. The molecule has 0 aromatic carbocycles. The number of aliphatic hydroxyl groups is 2. The lowest BCUT2D eigenvalue weighted by Gasteiger charge is -2.44. The van der Waals surface area contributed by atoms with Crippen molar-refractivity contribution in [2.75, 3.05) is 19.8 Å². The zero-order valence-corrected chi connectivity index (χ0v) is 15.8. The highest BCUT2D eigenvalue weighted by molar-refractivity contribution is 5.99. The maximum Gasteiger partial charge on any atom is 0.410 e. The van der Waals surface area contributed by atoms with E-state index in [0.29, 0.717) is 31.4 Å². The average Bonchev–Trinajstić information content (AvgIpc) is 3.18. The summed E-state index contributed by atoms with van der Waals surface area (Å²) >= 11 is 0. The van der Waals surface area contributed by atoms with Crippen molar-refractivity contribution in [2.45, 2.75) is 44.4 Å². The van der Waals surface area contributed by atoms with Crippen LogP contribution in [-0.2, 0) is 14.3 Å². The fraction of sp³-hybridized carbons (Fsp3) is 0.632. The molecule has 3 rings (SSSR count). The first-order chi connectivity index (χ1) is 13.3. The number of likely N-dealkylation sites (tertiary alicyclic amines) is 1. The van der Waals surface area contributed by atoms with Gasteiger partial charge in [-0.05, 0) is 37.7 Å². The minimum absolute atomic E-state index is 0.000123. The summed E-state index contributed by atoms with van der Waals surface area (Å²) in [6.07, 6.45) is 1.44. The van der Waals surface area contributed by atoms with Crippen LogP contribution in [-0.4, -0.2) is 81.0 Å². The lowest BCUT2D eigenvalue weighted by molar-refractivity contribution is -0.161. The number of hydrogen-bond acceptors (Lipinski definition) is 6. The summed E-state index contributed by atoms with van der Waals surface area (Å²) in [6.45, 7) is 5.24. The van der Waals surface area contributed by atoms with Crippen molar-refractivity contribution in [3.8, 4) is 0 Å². The topological polar surface area (TPSA) is 128 Å². The number of carbonyl (C=O) groups is 3. The zero-order valence-electron chi connectivity index (χ0n) is 15.8. The smallest absolute Gasteiger partial charge is 0.410 e. The average molecular weight is 394 g/mol. The fourth-order valence-corrected chi connectivity index (χ4v) is 4.66. The number of carboxylic acids is 1. The third-order valence-corrected chi connectivity index (χ3v) is 5.83. The molecule has 0 aromatic rings. The minimum atomic E-state index is -1.16. The van der Waals surface area contributed by atoms with Crippen molar-refractivity contribution in [1.82, 2.24) is 9.80 Å². The number of fused-ring (bicyclic) bond motifs is 1. The number of aliphatic carboxylic acids is 1.